The van der Waals surface area contributed by atoms with Crippen molar-refractivity contribution in [1.82, 2.24) is 5.32 Å². The van der Waals surface area contributed by atoms with E-state index in [1.54, 1.807) is 0 Å². The number of hydrogen-bond donors (Lipinski definition) is 2. The van der Waals surface area contributed by atoms with Gasteiger partial charge in [-0.1, -0.05) is 23.7 Å². The zero-order chi connectivity index (χ0) is 17.5. The van der Waals surface area contributed by atoms with Crippen LogP contribution >= 0.6 is 11.6 Å². The molecule has 5 heteroatoms. The van der Waals surface area contributed by atoms with Crippen molar-refractivity contribution >= 4 is 28.9 Å². The highest BCUT2D eigenvalue weighted by atomic mass is 35.5. The predicted molar refractivity (Wildman–Crippen MR) is 104 cm³/mol. The topological polar surface area (TPSA) is 44.4 Å². The first-order valence-corrected chi connectivity index (χ1v) is 9.18. The molecule has 0 saturated carbocycles. The Hall–Kier alpha value is -2.20. The maximum absolute atomic E-state index is 11.9. The fourth-order valence-electron chi connectivity index (χ4n) is 2.98. The minimum atomic E-state index is 0.0381. The minimum absolute atomic E-state index is 0.0381. The molecular weight excluding hydrogens is 334 g/mol. The summed E-state index contributed by atoms with van der Waals surface area (Å²) < 4.78 is 0. The maximum atomic E-state index is 11.9. The molecule has 2 N–H and O–H groups in total. The highest BCUT2D eigenvalue weighted by molar-refractivity contribution is 6.30. The fourth-order valence-corrected chi connectivity index (χ4v) is 3.10. The van der Waals surface area contributed by atoms with Gasteiger partial charge in [0.2, 0.25) is 5.91 Å². The van der Waals surface area contributed by atoms with Crippen LogP contribution in [-0.2, 0) is 11.3 Å². The molecule has 3 rings (SSSR count). The summed E-state index contributed by atoms with van der Waals surface area (Å²) in [6.45, 7) is 3.46. The van der Waals surface area contributed by atoms with E-state index in [0.717, 1.165) is 24.3 Å². The second-order valence-corrected chi connectivity index (χ2v) is 6.76. The lowest BCUT2D eigenvalue weighted by Crippen LogP contribution is -2.24. The normalized spacial score (nSPS) is 13.7. The Kier molecular flexibility index (Phi) is 6.18. The second kappa shape index (κ2) is 8.77. The van der Waals surface area contributed by atoms with Gasteiger partial charge in [-0.2, -0.15) is 0 Å². The SMILES string of the molecule is O=C(CCNc1ccc(N2CCCC2)cc1)NCc1ccc(Cl)cc1. The number of rotatable bonds is 7. The zero-order valence-electron chi connectivity index (χ0n) is 14.3. The first-order chi connectivity index (χ1) is 12.2. The van der Waals surface area contributed by atoms with Crippen molar-refractivity contribution in [2.75, 3.05) is 29.9 Å². The molecular formula is C20H24ClN3O. The molecule has 2 aromatic rings. The molecule has 0 aliphatic carbocycles. The Balaban J connectivity index is 1.37. The Morgan fingerprint density at radius 1 is 1.00 bits per heavy atom. The van der Waals surface area contributed by atoms with Crippen molar-refractivity contribution in [2.24, 2.45) is 0 Å². The predicted octanol–water partition coefficient (Wildman–Crippen LogP) is 4.06. The Morgan fingerprint density at radius 3 is 2.36 bits per heavy atom. The smallest absolute Gasteiger partial charge is 0.222 e. The van der Waals surface area contributed by atoms with Gasteiger partial charge < -0.3 is 15.5 Å². The maximum Gasteiger partial charge on any atom is 0.222 e. The molecule has 0 aromatic heterocycles. The van der Waals surface area contributed by atoms with Crippen LogP contribution in [0.4, 0.5) is 11.4 Å². The first-order valence-electron chi connectivity index (χ1n) is 8.81. The van der Waals surface area contributed by atoms with Crippen LogP contribution in [0.15, 0.2) is 48.5 Å². The number of nitrogens with one attached hydrogen (secondary N) is 2. The number of carbonyl (C=O) groups is 1. The van der Waals surface area contributed by atoms with E-state index in [-0.39, 0.29) is 5.91 Å². The molecule has 1 aliphatic rings. The van der Waals surface area contributed by atoms with Gasteiger partial charge in [-0.15, -0.1) is 0 Å². The molecule has 1 aliphatic heterocycles. The van der Waals surface area contributed by atoms with Gasteiger partial charge in [-0.3, -0.25) is 4.79 Å². The van der Waals surface area contributed by atoms with E-state index in [2.05, 4.69) is 39.8 Å². The second-order valence-electron chi connectivity index (χ2n) is 6.32. The first kappa shape index (κ1) is 17.6. The number of anilines is 2. The van der Waals surface area contributed by atoms with Crippen LogP contribution in [0.1, 0.15) is 24.8 Å². The van der Waals surface area contributed by atoms with Crippen LogP contribution in [0, 0.1) is 0 Å². The minimum Gasteiger partial charge on any atom is -0.385 e. The van der Waals surface area contributed by atoms with Crippen LogP contribution in [0.3, 0.4) is 0 Å². The van der Waals surface area contributed by atoms with Crippen molar-refractivity contribution in [3.8, 4) is 0 Å². The summed E-state index contributed by atoms with van der Waals surface area (Å²) in [5.41, 5.74) is 3.38. The Bertz CT molecular complexity index is 679. The van der Waals surface area contributed by atoms with Crippen molar-refractivity contribution in [3.05, 3.63) is 59.1 Å². The molecule has 0 spiro atoms. The van der Waals surface area contributed by atoms with E-state index in [0.29, 0.717) is 24.5 Å². The van der Waals surface area contributed by atoms with Crippen LogP contribution in [0.2, 0.25) is 5.02 Å². The van der Waals surface area contributed by atoms with Crippen molar-refractivity contribution < 1.29 is 4.79 Å². The third kappa shape index (κ3) is 5.40. The van der Waals surface area contributed by atoms with E-state index in [4.69, 9.17) is 11.6 Å². The van der Waals surface area contributed by atoms with E-state index in [1.807, 2.05) is 24.3 Å². The van der Waals surface area contributed by atoms with Crippen molar-refractivity contribution in [2.45, 2.75) is 25.8 Å². The highest BCUT2D eigenvalue weighted by Gasteiger charge is 2.11. The lowest BCUT2D eigenvalue weighted by Gasteiger charge is -2.18. The number of hydrogen-bond acceptors (Lipinski definition) is 3. The molecule has 1 saturated heterocycles. The van der Waals surface area contributed by atoms with Gasteiger partial charge in [0.15, 0.2) is 0 Å². The van der Waals surface area contributed by atoms with Gasteiger partial charge in [0.1, 0.15) is 0 Å². The quantitative estimate of drug-likeness (QED) is 0.785. The summed E-state index contributed by atoms with van der Waals surface area (Å²) in [6, 6.07) is 16.0. The molecule has 1 heterocycles. The number of benzene rings is 2. The van der Waals surface area contributed by atoms with E-state index >= 15 is 0 Å². The molecule has 4 nitrogen and oxygen atoms in total. The molecule has 25 heavy (non-hydrogen) atoms. The molecule has 1 fully saturated rings. The summed E-state index contributed by atoms with van der Waals surface area (Å²) >= 11 is 5.85. The fraction of sp³-hybridized carbons (Fsp3) is 0.350. The van der Waals surface area contributed by atoms with Gasteiger partial charge in [-0.25, -0.2) is 0 Å². The standard InChI is InChI=1S/C20H24ClN3O/c21-17-5-3-16(4-6-17)15-23-20(25)11-12-22-18-7-9-19(10-8-18)24-13-1-2-14-24/h3-10,22H,1-2,11-15H2,(H,23,25). The zero-order valence-corrected chi connectivity index (χ0v) is 15.1. The van der Waals surface area contributed by atoms with Gasteiger partial charge in [0.05, 0.1) is 0 Å². The van der Waals surface area contributed by atoms with Gasteiger partial charge in [0.25, 0.3) is 0 Å². The summed E-state index contributed by atoms with van der Waals surface area (Å²) in [5.74, 6) is 0.0381. The summed E-state index contributed by atoms with van der Waals surface area (Å²) in [6.07, 6.45) is 3.01. The Labute approximate surface area is 154 Å². The lowest BCUT2D eigenvalue weighted by atomic mass is 10.2. The number of halogens is 1. The molecule has 2 aromatic carbocycles. The van der Waals surface area contributed by atoms with E-state index in [9.17, 15) is 4.79 Å². The van der Waals surface area contributed by atoms with E-state index in [1.165, 1.54) is 18.5 Å². The largest absolute Gasteiger partial charge is 0.385 e. The van der Waals surface area contributed by atoms with Crippen LogP contribution in [0.25, 0.3) is 0 Å². The lowest BCUT2D eigenvalue weighted by molar-refractivity contribution is -0.121. The number of carbonyl (C=O) groups excluding carboxylic acids is 1. The number of nitrogens with zero attached hydrogens (tertiary/aromatic N) is 1. The molecule has 1 amide bonds. The van der Waals surface area contributed by atoms with Crippen LogP contribution in [0.5, 0.6) is 0 Å². The average molecular weight is 358 g/mol. The summed E-state index contributed by atoms with van der Waals surface area (Å²) in [4.78, 5) is 14.3. The third-order valence-corrected chi connectivity index (χ3v) is 4.67. The van der Waals surface area contributed by atoms with Crippen LogP contribution < -0.4 is 15.5 Å². The average Bonchev–Trinajstić information content (AvgIpc) is 3.16. The van der Waals surface area contributed by atoms with Crippen LogP contribution in [-0.4, -0.2) is 25.5 Å². The van der Waals surface area contributed by atoms with Crippen molar-refractivity contribution in [1.29, 1.82) is 0 Å². The molecule has 132 valence electrons. The Morgan fingerprint density at radius 2 is 1.68 bits per heavy atom. The van der Waals surface area contributed by atoms with Crippen molar-refractivity contribution in [3.63, 3.8) is 0 Å². The number of amides is 1. The molecule has 0 unspecified atom stereocenters. The van der Waals surface area contributed by atoms with Gasteiger partial charge >= 0.3 is 0 Å². The summed E-state index contributed by atoms with van der Waals surface area (Å²) in [7, 11) is 0. The van der Waals surface area contributed by atoms with Gasteiger partial charge in [0, 0.05) is 49.0 Å². The highest BCUT2D eigenvalue weighted by Crippen LogP contribution is 2.21. The van der Waals surface area contributed by atoms with Gasteiger partial charge in [-0.05, 0) is 54.8 Å². The van der Waals surface area contributed by atoms with E-state index < -0.39 is 0 Å². The monoisotopic (exact) mass is 357 g/mol. The molecule has 0 bridgehead atoms. The summed E-state index contributed by atoms with van der Waals surface area (Å²) in [5, 5.41) is 6.93. The molecule has 0 radical (unpaired) electrons. The molecule has 0 atom stereocenters. The third-order valence-electron chi connectivity index (χ3n) is 4.42.